The molecule has 2 nitrogen and oxygen atoms in total. The van der Waals surface area contributed by atoms with Crippen molar-refractivity contribution in [3.05, 3.63) is 0 Å². The first-order chi connectivity index (χ1) is 4.29. The molecule has 1 heterocycles. The van der Waals surface area contributed by atoms with Crippen molar-refractivity contribution < 1.29 is 13.9 Å². The van der Waals surface area contributed by atoms with E-state index in [1.807, 2.05) is 0 Å². The number of cyclic esters (lactones) is 1. The molecule has 0 aliphatic carbocycles. The van der Waals surface area contributed by atoms with E-state index in [4.69, 9.17) is 0 Å². The maximum atomic E-state index is 12.4. The highest BCUT2D eigenvalue weighted by atomic mass is 19.1. The highest BCUT2D eigenvalue weighted by Gasteiger charge is 2.16. The monoisotopic (exact) mass is 132 g/mol. The molecule has 1 fully saturated rings. The van der Waals surface area contributed by atoms with Crippen LogP contribution >= 0.6 is 0 Å². The van der Waals surface area contributed by atoms with Crippen molar-refractivity contribution >= 4 is 5.97 Å². The Kier molecular flexibility index (Phi) is 2.03. The molecule has 0 aromatic carbocycles. The van der Waals surface area contributed by atoms with Crippen LogP contribution in [0.2, 0.25) is 0 Å². The predicted octanol–water partition coefficient (Wildman–Crippen LogP) is 1.05. The SMILES string of the molecule is O=C1CC(F)CCCO1. The van der Waals surface area contributed by atoms with Crippen molar-refractivity contribution in [3.8, 4) is 0 Å². The molecule has 1 unspecified atom stereocenters. The van der Waals surface area contributed by atoms with Crippen LogP contribution in [0.25, 0.3) is 0 Å². The lowest BCUT2D eigenvalue weighted by Crippen LogP contribution is -2.06. The van der Waals surface area contributed by atoms with Crippen LogP contribution in [0.3, 0.4) is 0 Å². The molecule has 1 rings (SSSR count). The summed E-state index contributed by atoms with van der Waals surface area (Å²) >= 11 is 0. The fraction of sp³-hybridized carbons (Fsp3) is 0.833. The zero-order valence-corrected chi connectivity index (χ0v) is 5.10. The second kappa shape index (κ2) is 2.80. The molecule has 9 heavy (non-hydrogen) atoms. The molecule has 0 aromatic heterocycles. The summed E-state index contributed by atoms with van der Waals surface area (Å²) in [5, 5.41) is 0. The molecule has 3 heteroatoms. The van der Waals surface area contributed by atoms with Gasteiger partial charge in [0.25, 0.3) is 0 Å². The van der Waals surface area contributed by atoms with E-state index in [1.54, 1.807) is 0 Å². The summed E-state index contributed by atoms with van der Waals surface area (Å²) in [6.45, 7) is 0.388. The van der Waals surface area contributed by atoms with Crippen LogP contribution in [0.1, 0.15) is 19.3 Å². The average Bonchev–Trinajstić information content (AvgIpc) is 1.93. The van der Waals surface area contributed by atoms with Gasteiger partial charge in [-0.3, -0.25) is 4.79 Å². The summed E-state index contributed by atoms with van der Waals surface area (Å²) in [5.41, 5.74) is 0. The molecular formula is C6H9FO2. The van der Waals surface area contributed by atoms with Crippen LogP contribution in [-0.4, -0.2) is 18.7 Å². The molecular weight excluding hydrogens is 123 g/mol. The van der Waals surface area contributed by atoms with Gasteiger partial charge in [-0.25, -0.2) is 4.39 Å². The second-order valence-electron chi connectivity index (χ2n) is 2.16. The smallest absolute Gasteiger partial charge is 0.308 e. The quantitative estimate of drug-likeness (QED) is 0.460. The molecule has 0 radical (unpaired) electrons. The minimum absolute atomic E-state index is 0.0556. The minimum atomic E-state index is -0.972. The Morgan fingerprint density at radius 1 is 1.67 bits per heavy atom. The molecule has 0 spiro atoms. The van der Waals surface area contributed by atoms with Gasteiger partial charge in [0, 0.05) is 0 Å². The highest BCUT2D eigenvalue weighted by Crippen LogP contribution is 2.11. The van der Waals surface area contributed by atoms with Crippen LogP contribution in [-0.2, 0) is 9.53 Å². The third-order valence-electron chi connectivity index (χ3n) is 1.31. The average molecular weight is 132 g/mol. The van der Waals surface area contributed by atoms with Gasteiger partial charge < -0.3 is 4.74 Å². The van der Waals surface area contributed by atoms with E-state index in [1.165, 1.54) is 0 Å². The molecule has 0 bridgehead atoms. The molecule has 0 aromatic rings. The summed E-state index contributed by atoms with van der Waals surface area (Å²) in [4.78, 5) is 10.4. The van der Waals surface area contributed by atoms with Gasteiger partial charge in [0.05, 0.1) is 13.0 Å². The van der Waals surface area contributed by atoms with Crippen LogP contribution < -0.4 is 0 Å². The Hall–Kier alpha value is -0.600. The number of halogens is 1. The van der Waals surface area contributed by atoms with Crippen molar-refractivity contribution in [1.82, 2.24) is 0 Å². The molecule has 1 aliphatic heterocycles. The van der Waals surface area contributed by atoms with Crippen LogP contribution in [0.4, 0.5) is 4.39 Å². The predicted molar refractivity (Wildman–Crippen MR) is 29.7 cm³/mol. The van der Waals surface area contributed by atoms with E-state index in [-0.39, 0.29) is 6.42 Å². The number of hydrogen-bond donors (Lipinski definition) is 0. The molecule has 1 atom stereocenters. The molecule has 0 amide bonds. The van der Waals surface area contributed by atoms with E-state index >= 15 is 0 Å². The highest BCUT2D eigenvalue weighted by molar-refractivity contribution is 5.70. The number of alkyl halides is 1. The Morgan fingerprint density at radius 3 is 3.22 bits per heavy atom. The lowest BCUT2D eigenvalue weighted by molar-refractivity contribution is -0.143. The van der Waals surface area contributed by atoms with Gasteiger partial charge in [-0.1, -0.05) is 0 Å². The van der Waals surface area contributed by atoms with Crippen LogP contribution in [0, 0.1) is 0 Å². The number of hydrogen-bond acceptors (Lipinski definition) is 2. The first-order valence-electron chi connectivity index (χ1n) is 3.09. The fourth-order valence-corrected chi connectivity index (χ4v) is 0.833. The van der Waals surface area contributed by atoms with E-state index < -0.39 is 12.1 Å². The lowest BCUT2D eigenvalue weighted by atomic mass is 10.2. The maximum absolute atomic E-state index is 12.4. The third kappa shape index (κ3) is 2.00. The van der Waals surface area contributed by atoms with Crippen molar-refractivity contribution in [3.63, 3.8) is 0 Å². The first kappa shape index (κ1) is 6.52. The Balaban J connectivity index is 2.37. The number of esters is 1. The molecule has 52 valence electrons. The summed E-state index contributed by atoms with van der Waals surface area (Å²) < 4.78 is 17.0. The summed E-state index contributed by atoms with van der Waals surface area (Å²) in [7, 11) is 0. The van der Waals surface area contributed by atoms with E-state index in [0.29, 0.717) is 19.4 Å². The zero-order valence-electron chi connectivity index (χ0n) is 5.10. The van der Waals surface area contributed by atoms with Crippen molar-refractivity contribution in [1.29, 1.82) is 0 Å². The van der Waals surface area contributed by atoms with Gasteiger partial charge >= 0.3 is 5.97 Å². The van der Waals surface area contributed by atoms with Crippen molar-refractivity contribution in [2.75, 3.05) is 6.61 Å². The largest absolute Gasteiger partial charge is 0.466 e. The van der Waals surface area contributed by atoms with Gasteiger partial charge in [0.1, 0.15) is 6.17 Å². The maximum Gasteiger partial charge on any atom is 0.308 e. The van der Waals surface area contributed by atoms with E-state index in [9.17, 15) is 9.18 Å². The fourth-order valence-electron chi connectivity index (χ4n) is 0.833. The summed E-state index contributed by atoms with van der Waals surface area (Å²) in [6, 6.07) is 0. The molecule has 1 aliphatic rings. The molecule has 0 N–H and O–H groups in total. The van der Waals surface area contributed by atoms with Gasteiger partial charge in [-0.15, -0.1) is 0 Å². The van der Waals surface area contributed by atoms with Gasteiger partial charge in [-0.05, 0) is 12.8 Å². The lowest BCUT2D eigenvalue weighted by Gasteiger charge is -1.96. The Morgan fingerprint density at radius 2 is 2.44 bits per heavy atom. The number of ether oxygens (including phenoxy) is 1. The van der Waals surface area contributed by atoms with E-state index in [0.717, 1.165) is 0 Å². The number of carbonyl (C=O) groups excluding carboxylic acids is 1. The minimum Gasteiger partial charge on any atom is -0.466 e. The van der Waals surface area contributed by atoms with Gasteiger partial charge in [-0.2, -0.15) is 0 Å². The Bertz CT molecular complexity index is 114. The van der Waals surface area contributed by atoms with Gasteiger partial charge in [0.2, 0.25) is 0 Å². The van der Waals surface area contributed by atoms with Crippen LogP contribution in [0.5, 0.6) is 0 Å². The third-order valence-corrected chi connectivity index (χ3v) is 1.31. The number of rotatable bonds is 0. The Labute approximate surface area is 53.0 Å². The van der Waals surface area contributed by atoms with Crippen LogP contribution in [0.15, 0.2) is 0 Å². The standard InChI is InChI=1S/C6H9FO2/c7-5-2-1-3-9-6(8)4-5/h5H,1-4H2. The topological polar surface area (TPSA) is 26.3 Å². The first-order valence-corrected chi connectivity index (χ1v) is 3.09. The van der Waals surface area contributed by atoms with Gasteiger partial charge in [0.15, 0.2) is 0 Å². The summed E-state index contributed by atoms with van der Waals surface area (Å²) in [5.74, 6) is -0.403. The normalized spacial score (nSPS) is 29.0. The van der Waals surface area contributed by atoms with Crippen molar-refractivity contribution in [2.24, 2.45) is 0 Å². The molecule has 1 saturated heterocycles. The van der Waals surface area contributed by atoms with Crippen molar-refractivity contribution in [2.45, 2.75) is 25.4 Å². The number of carbonyl (C=O) groups is 1. The molecule has 0 saturated carbocycles. The van der Waals surface area contributed by atoms with E-state index in [2.05, 4.69) is 4.74 Å². The zero-order chi connectivity index (χ0) is 6.69. The summed E-state index contributed by atoms with van der Waals surface area (Å²) in [6.07, 6.45) is 0.0959. The second-order valence-corrected chi connectivity index (χ2v) is 2.16.